The molecule has 14 heteroatoms. The van der Waals surface area contributed by atoms with E-state index in [0.29, 0.717) is 0 Å². The van der Waals surface area contributed by atoms with Crippen LogP contribution in [0.15, 0.2) is 29.3 Å². The Labute approximate surface area is 170 Å². The molecule has 2 N–H and O–H groups in total. The molecule has 0 spiro atoms. The molecule has 0 aliphatic heterocycles. The highest BCUT2D eigenvalue weighted by Crippen LogP contribution is 2.29. The fourth-order valence-electron chi connectivity index (χ4n) is 2.34. The van der Waals surface area contributed by atoms with E-state index in [4.69, 9.17) is 19.9 Å². The molecule has 0 bridgehead atoms. The zero-order valence-corrected chi connectivity index (χ0v) is 16.9. The lowest BCUT2D eigenvalue weighted by atomic mass is 10.2. The van der Waals surface area contributed by atoms with Crippen molar-refractivity contribution in [2.24, 2.45) is 5.73 Å². The van der Waals surface area contributed by atoms with E-state index in [1.54, 1.807) is 0 Å². The van der Waals surface area contributed by atoms with Crippen molar-refractivity contribution < 1.29 is 36.6 Å². The van der Waals surface area contributed by atoms with Gasteiger partial charge in [-0.25, -0.2) is 17.6 Å². The van der Waals surface area contributed by atoms with Crippen LogP contribution in [-0.2, 0) is 19.6 Å². The summed E-state index contributed by atoms with van der Waals surface area (Å²) in [5, 5.41) is 0. The summed E-state index contributed by atoms with van der Waals surface area (Å²) in [6, 6.07) is 2.04. The largest absolute Gasteiger partial charge is 0.481 e. The number of alkyl halides is 1. The van der Waals surface area contributed by atoms with Crippen LogP contribution in [0.5, 0.6) is 11.8 Å². The summed E-state index contributed by atoms with van der Waals surface area (Å²) in [5.41, 5.74) is 4.83. The number of amides is 2. The molecule has 12 nitrogen and oxygen atoms in total. The maximum atomic E-state index is 13.5. The second-order valence-corrected chi connectivity index (χ2v) is 7.25. The normalized spacial score (nSPS) is 12.0. The SMILES string of the molecule is COc1cc(OC)nc(N(C(N)=O)S(=O)(=O)c2cccnc2C(CF)OC(C)=O)n1. The first-order valence-corrected chi connectivity index (χ1v) is 9.59. The zero-order valence-electron chi connectivity index (χ0n) is 16.1. The fraction of sp³-hybridized carbons (Fsp3) is 0.312. The third kappa shape index (κ3) is 4.71. The van der Waals surface area contributed by atoms with Crippen molar-refractivity contribution in [1.82, 2.24) is 15.0 Å². The monoisotopic (exact) mass is 443 g/mol. The number of esters is 1. The number of nitrogens with zero attached hydrogens (tertiary/aromatic N) is 4. The van der Waals surface area contributed by atoms with Gasteiger partial charge in [0.1, 0.15) is 17.3 Å². The molecule has 2 aromatic rings. The molecule has 30 heavy (non-hydrogen) atoms. The van der Waals surface area contributed by atoms with E-state index in [1.165, 1.54) is 32.5 Å². The highest BCUT2D eigenvalue weighted by Gasteiger charge is 2.37. The van der Waals surface area contributed by atoms with Crippen LogP contribution in [0.4, 0.5) is 15.1 Å². The van der Waals surface area contributed by atoms with E-state index in [2.05, 4.69) is 15.0 Å². The average Bonchev–Trinajstić information content (AvgIpc) is 2.71. The maximum absolute atomic E-state index is 13.5. The number of halogens is 1. The van der Waals surface area contributed by atoms with E-state index in [0.717, 1.165) is 13.0 Å². The zero-order chi connectivity index (χ0) is 22.5. The van der Waals surface area contributed by atoms with Gasteiger partial charge in [-0.3, -0.25) is 9.78 Å². The second-order valence-electron chi connectivity index (χ2n) is 5.50. The van der Waals surface area contributed by atoms with E-state index in [-0.39, 0.29) is 16.1 Å². The molecule has 162 valence electrons. The van der Waals surface area contributed by atoms with Crippen LogP contribution >= 0.6 is 0 Å². The number of urea groups is 1. The summed E-state index contributed by atoms with van der Waals surface area (Å²) in [7, 11) is -2.33. The van der Waals surface area contributed by atoms with Gasteiger partial charge in [-0.2, -0.15) is 9.97 Å². The van der Waals surface area contributed by atoms with Crippen LogP contribution in [0.25, 0.3) is 0 Å². The molecule has 1 unspecified atom stereocenters. The third-order valence-corrected chi connectivity index (χ3v) is 5.26. The number of hydrogen-bond donors (Lipinski definition) is 1. The van der Waals surface area contributed by atoms with Gasteiger partial charge < -0.3 is 19.9 Å². The number of nitrogens with two attached hydrogens (primary N) is 1. The number of aromatic nitrogens is 3. The van der Waals surface area contributed by atoms with Crippen LogP contribution in [0.1, 0.15) is 18.7 Å². The molecule has 1 atom stereocenters. The molecule has 0 aliphatic rings. The molecule has 2 rings (SSSR count). The van der Waals surface area contributed by atoms with Crippen LogP contribution in [0.2, 0.25) is 0 Å². The predicted octanol–water partition coefficient (Wildman–Crippen LogP) is 0.736. The van der Waals surface area contributed by atoms with E-state index < -0.39 is 51.3 Å². The van der Waals surface area contributed by atoms with Gasteiger partial charge in [0.15, 0.2) is 6.10 Å². The van der Waals surface area contributed by atoms with Crippen molar-refractivity contribution in [3.63, 3.8) is 0 Å². The Kier molecular flexibility index (Phi) is 7.05. The van der Waals surface area contributed by atoms with Crippen molar-refractivity contribution in [2.75, 3.05) is 25.2 Å². The average molecular weight is 443 g/mol. The minimum absolute atomic E-state index is 0.0710. The van der Waals surface area contributed by atoms with Gasteiger partial charge in [0.2, 0.25) is 11.8 Å². The number of rotatable bonds is 8. The topological polar surface area (TPSA) is 164 Å². The van der Waals surface area contributed by atoms with Crippen LogP contribution in [0, 0.1) is 0 Å². The van der Waals surface area contributed by atoms with E-state index >= 15 is 0 Å². The first-order valence-electron chi connectivity index (χ1n) is 8.15. The smallest absolute Gasteiger partial charge is 0.336 e. The van der Waals surface area contributed by atoms with Gasteiger partial charge in [0, 0.05) is 13.1 Å². The molecule has 2 heterocycles. The number of methoxy groups -OCH3 is 2. The van der Waals surface area contributed by atoms with Gasteiger partial charge in [0.25, 0.3) is 16.0 Å². The van der Waals surface area contributed by atoms with Crippen molar-refractivity contribution in [2.45, 2.75) is 17.9 Å². The summed E-state index contributed by atoms with van der Waals surface area (Å²) in [6.07, 6.45) is -0.468. The molecule has 2 aromatic heterocycles. The van der Waals surface area contributed by atoms with Crippen LogP contribution in [-0.4, -0.2) is 56.3 Å². The molecule has 0 saturated heterocycles. The molecular formula is C16H18FN5O7S. The Balaban J connectivity index is 2.69. The van der Waals surface area contributed by atoms with Gasteiger partial charge in [-0.1, -0.05) is 0 Å². The van der Waals surface area contributed by atoms with Crippen molar-refractivity contribution in [1.29, 1.82) is 0 Å². The van der Waals surface area contributed by atoms with Gasteiger partial charge in [-0.15, -0.1) is 4.31 Å². The number of hydrogen-bond acceptors (Lipinski definition) is 10. The number of ether oxygens (including phenoxy) is 3. The first-order chi connectivity index (χ1) is 14.1. The highest BCUT2D eigenvalue weighted by atomic mass is 32.2. The number of carbonyl (C=O) groups excluding carboxylic acids is 2. The standard InChI is InChI=1S/C16H18FN5O7S/c1-9(23)29-10(8-17)14-11(5-4-6-19-14)30(25,26)22(15(18)24)16-20-12(27-2)7-13(21-16)28-3/h4-7,10H,8H2,1-3H3,(H2,18,24). The Bertz CT molecular complexity index is 1030. The second kappa shape index (κ2) is 9.30. The summed E-state index contributed by atoms with van der Waals surface area (Å²) in [4.78, 5) is 34.1. The number of pyridine rings is 1. The van der Waals surface area contributed by atoms with Crippen LogP contribution < -0.4 is 19.5 Å². The third-order valence-electron chi connectivity index (χ3n) is 3.54. The fourth-order valence-corrected chi connectivity index (χ4v) is 3.77. The molecular weight excluding hydrogens is 425 g/mol. The van der Waals surface area contributed by atoms with Gasteiger partial charge in [0.05, 0.1) is 20.3 Å². The van der Waals surface area contributed by atoms with E-state index in [1.807, 2.05) is 0 Å². The molecule has 0 radical (unpaired) electrons. The maximum Gasteiger partial charge on any atom is 0.336 e. The predicted molar refractivity (Wildman–Crippen MR) is 99.1 cm³/mol. The quantitative estimate of drug-likeness (QED) is 0.575. The Hall–Kier alpha value is -3.55. The summed E-state index contributed by atoms with van der Waals surface area (Å²) in [6.45, 7) is -0.245. The lowest BCUT2D eigenvalue weighted by molar-refractivity contribution is -0.147. The van der Waals surface area contributed by atoms with Crippen LogP contribution in [0.3, 0.4) is 0 Å². The van der Waals surface area contributed by atoms with Gasteiger partial charge >= 0.3 is 12.0 Å². The number of primary amides is 1. The molecule has 0 saturated carbocycles. The Morgan fingerprint density at radius 3 is 2.30 bits per heavy atom. The van der Waals surface area contributed by atoms with Crippen molar-refractivity contribution in [3.05, 3.63) is 30.1 Å². The van der Waals surface area contributed by atoms with E-state index in [9.17, 15) is 22.4 Å². The lowest BCUT2D eigenvalue weighted by Gasteiger charge is -2.22. The van der Waals surface area contributed by atoms with Gasteiger partial charge in [-0.05, 0) is 12.1 Å². The number of anilines is 1. The molecule has 2 amide bonds. The van der Waals surface area contributed by atoms with Crippen molar-refractivity contribution in [3.8, 4) is 11.8 Å². The highest BCUT2D eigenvalue weighted by molar-refractivity contribution is 7.93. The molecule has 0 aliphatic carbocycles. The molecule has 0 aromatic carbocycles. The summed E-state index contributed by atoms with van der Waals surface area (Å²) < 4.78 is 54.8. The Morgan fingerprint density at radius 1 is 1.23 bits per heavy atom. The lowest BCUT2D eigenvalue weighted by Crippen LogP contribution is -2.42. The molecule has 0 fully saturated rings. The summed E-state index contributed by atoms with van der Waals surface area (Å²) in [5.74, 6) is -1.78. The summed E-state index contributed by atoms with van der Waals surface area (Å²) >= 11 is 0. The minimum atomic E-state index is -4.82. The Morgan fingerprint density at radius 2 is 1.83 bits per heavy atom. The van der Waals surface area contributed by atoms with Crippen molar-refractivity contribution >= 4 is 28.0 Å². The first kappa shape index (κ1) is 22.7. The number of sulfonamides is 1. The number of carbonyl (C=O) groups is 2. The minimum Gasteiger partial charge on any atom is -0.481 e.